The molecule has 0 bridgehead atoms. The number of carbonyl (C=O) groups is 1. The zero-order chi connectivity index (χ0) is 13.0. The second-order valence-electron chi connectivity index (χ2n) is 4.41. The molecule has 0 heterocycles. The molecule has 0 aromatic heterocycles. The Morgan fingerprint density at radius 2 is 2.12 bits per heavy atom. The number of hydrogen-bond acceptors (Lipinski definition) is 2. The minimum absolute atomic E-state index is 0.112. The predicted octanol–water partition coefficient (Wildman–Crippen LogP) is 1.98. The topological polar surface area (TPSA) is 46.3 Å². The maximum Gasteiger partial charge on any atom is 0.253 e. The van der Waals surface area contributed by atoms with Crippen LogP contribution in [0.2, 0.25) is 0 Å². The summed E-state index contributed by atoms with van der Waals surface area (Å²) in [4.78, 5) is 13.4. The summed E-state index contributed by atoms with van der Waals surface area (Å²) in [6.45, 7) is 4.70. The third-order valence-electron chi connectivity index (χ3n) is 2.68. The third-order valence-corrected chi connectivity index (χ3v) is 2.68. The molecule has 0 saturated carbocycles. The number of nitrogens with zero attached hydrogens (tertiary/aromatic N) is 1. The van der Waals surface area contributed by atoms with Crippen molar-refractivity contribution in [1.82, 2.24) is 4.90 Å². The normalized spacial score (nSPS) is 10.7. The molecule has 2 N–H and O–H groups in total. The molecule has 4 heteroatoms. The molecule has 0 saturated heterocycles. The van der Waals surface area contributed by atoms with Crippen LogP contribution in [0.1, 0.15) is 35.7 Å². The number of benzene rings is 1. The fraction of sp³-hybridized carbons (Fsp3) is 0.462. The van der Waals surface area contributed by atoms with Gasteiger partial charge >= 0.3 is 0 Å². The predicted molar refractivity (Wildman–Crippen MR) is 66.5 cm³/mol. The third kappa shape index (κ3) is 3.27. The van der Waals surface area contributed by atoms with Crippen molar-refractivity contribution in [1.29, 1.82) is 0 Å². The molecule has 0 unspecified atom stereocenters. The van der Waals surface area contributed by atoms with Gasteiger partial charge in [-0.1, -0.05) is 19.9 Å². The van der Waals surface area contributed by atoms with Gasteiger partial charge in [0.05, 0.1) is 0 Å². The first kappa shape index (κ1) is 13.6. The maximum atomic E-state index is 13.7. The van der Waals surface area contributed by atoms with E-state index in [0.29, 0.717) is 24.2 Å². The van der Waals surface area contributed by atoms with Gasteiger partial charge in [0.15, 0.2) is 0 Å². The molecule has 1 aromatic rings. The monoisotopic (exact) mass is 238 g/mol. The van der Waals surface area contributed by atoms with E-state index in [1.807, 2.05) is 13.8 Å². The number of amides is 1. The van der Waals surface area contributed by atoms with Gasteiger partial charge in [0.2, 0.25) is 0 Å². The lowest BCUT2D eigenvalue weighted by molar-refractivity contribution is 0.0798. The van der Waals surface area contributed by atoms with Crippen molar-refractivity contribution < 1.29 is 9.18 Å². The summed E-state index contributed by atoms with van der Waals surface area (Å²) >= 11 is 0. The van der Waals surface area contributed by atoms with Crippen molar-refractivity contribution in [3.63, 3.8) is 0 Å². The summed E-state index contributed by atoms with van der Waals surface area (Å²) in [6, 6.07) is 4.63. The molecule has 1 amide bonds. The van der Waals surface area contributed by atoms with Crippen molar-refractivity contribution in [2.45, 2.75) is 19.8 Å². The Morgan fingerprint density at radius 1 is 1.47 bits per heavy atom. The Kier molecular flexibility index (Phi) is 4.63. The number of halogens is 1. The number of nitrogens with two attached hydrogens (primary N) is 1. The minimum atomic E-state index is -0.327. The molecule has 0 fully saturated rings. The fourth-order valence-electron chi connectivity index (χ4n) is 1.64. The summed E-state index contributed by atoms with van der Waals surface area (Å²) in [7, 11) is 1.66. The second kappa shape index (κ2) is 5.77. The Morgan fingerprint density at radius 3 is 2.59 bits per heavy atom. The lowest BCUT2D eigenvalue weighted by atomic mass is 10.0. The molecule has 0 radical (unpaired) electrons. The fourth-order valence-corrected chi connectivity index (χ4v) is 1.64. The van der Waals surface area contributed by atoms with Crippen LogP contribution in [0.15, 0.2) is 18.2 Å². The Labute approximate surface area is 101 Å². The zero-order valence-corrected chi connectivity index (χ0v) is 10.5. The van der Waals surface area contributed by atoms with E-state index in [1.54, 1.807) is 19.2 Å². The molecule has 0 aliphatic rings. The van der Waals surface area contributed by atoms with E-state index >= 15 is 0 Å². The van der Waals surface area contributed by atoms with Gasteiger partial charge < -0.3 is 10.6 Å². The molecule has 0 aliphatic carbocycles. The highest BCUT2D eigenvalue weighted by Crippen LogP contribution is 2.19. The largest absolute Gasteiger partial charge is 0.340 e. The zero-order valence-electron chi connectivity index (χ0n) is 10.5. The van der Waals surface area contributed by atoms with E-state index in [2.05, 4.69) is 0 Å². The van der Waals surface area contributed by atoms with Gasteiger partial charge in [-0.2, -0.15) is 0 Å². The Hall–Kier alpha value is -1.42. The highest BCUT2D eigenvalue weighted by Gasteiger charge is 2.14. The van der Waals surface area contributed by atoms with E-state index in [-0.39, 0.29) is 17.6 Å². The quantitative estimate of drug-likeness (QED) is 0.871. The lowest BCUT2D eigenvalue weighted by Gasteiger charge is -2.16. The molecule has 0 aliphatic heterocycles. The number of rotatable bonds is 4. The molecule has 1 rings (SSSR count). The van der Waals surface area contributed by atoms with Crippen molar-refractivity contribution >= 4 is 5.91 Å². The van der Waals surface area contributed by atoms with Crippen LogP contribution in [0.25, 0.3) is 0 Å². The standard InChI is InChI=1S/C13H19FN2O/c1-9(2)11-5-4-10(8-12(11)14)13(17)16(3)7-6-15/h4-5,8-9H,6-7,15H2,1-3H3. The average molecular weight is 238 g/mol. The maximum absolute atomic E-state index is 13.7. The van der Waals surface area contributed by atoms with Crippen LogP contribution in [0, 0.1) is 5.82 Å². The van der Waals surface area contributed by atoms with Gasteiger partial charge in [0, 0.05) is 25.7 Å². The van der Waals surface area contributed by atoms with Crippen LogP contribution in [0.3, 0.4) is 0 Å². The van der Waals surface area contributed by atoms with Crippen LogP contribution >= 0.6 is 0 Å². The highest BCUT2D eigenvalue weighted by molar-refractivity contribution is 5.94. The summed E-state index contributed by atoms with van der Waals surface area (Å²) in [5, 5.41) is 0. The van der Waals surface area contributed by atoms with Crippen molar-refractivity contribution in [2.24, 2.45) is 5.73 Å². The summed E-state index contributed by atoms with van der Waals surface area (Å²) in [5.74, 6) is -0.419. The first-order chi connectivity index (χ1) is 7.97. The van der Waals surface area contributed by atoms with Gasteiger partial charge in [0.25, 0.3) is 5.91 Å². The van der Waals surface area contributed by atoms with Gasteiger partial charge in [0.1, 0.15) is 5.82 Å². The second-order valence-corrected chi connectivity index (χ2v) is 4.41. The number of carbonyl (C=O) groups excluding carboxylic acids is 1. The van der Waals surface area contributed by atoms with Gasteiger partial charge in [-0.3, -0.25) is 4.79 Å². The molecular formula is C13H19FN2O. The van der Waals surface area contributed by atoms with E-state index in [0.717, 1.165) is 0 Å². The van der Waals surface area contributed by atoms with Crippen LogP contribution in [0.5, 0.6) is 0 Å². The molecule has 0 atom stereocenters. The molecule has 0 spiro atoms. The average Bonchev–Trinajstić information content (AvgIpc) is 2.27. The first-order valence-corrected chi connectivity index (χ1v) is 5.72. The number of likely N-dealkylation sites (N-methyl/N-ethyl adjacent to an activating group) is 1. The minimum Gasteiger partial charge on any atom is -0.340 e. The SMILES string of the molecule is CC(C)c1ccc(C(=O)N(C)CCN)cc1F. The van der Waals surface area contributed by atoms with Gasteiger partial charge in [-0.15, -0.1) is 0 Å². The van der Waals surface area contributed by atoms with Crippen molar-refractivity contribution in [3.8, 4) is 0 Å². The molecule has 3 nitrogen and oxygen atoms in total. The highest BCUT2D eigenvalue weighted by atomic mass is 19.1. The van der Waals surface area contributed by atoms with Crippen molar-refractivity contribution in [3.05, 3.63) is 35.1 Å². The van der Waals surface area contributed by atoms with Crippen LogP contribution in [-0.2, 0) is 0 Å². The van der Waals surface area contributed by atoms with Crippen molar-refractivity contribution in [2.75, 3.05) is 20.1 Å². The molecule has 94 valence electrons. The molecule has 1 aromatic carbocycles. The van der Waals surface area contributed by atoms with E-state index in [4.69, 9.17) is 5.73 Å². The smallest absolute Gasteiger partial charge is 0.253 e. The van der Waals surface area contributed by atoms with Crippen LogP contribution in [0.4, 0.5) is 4.39 Å². The van der Waals surface area contributed by atoms with E-state index in [1.165, 1.54) is 11.0 Å². The van der Waals surface area contributed by atoms with Crippen LogP contribution < -0.4 is 5.73 Å². The van der Waals surface area contributed by atoms with E-state index in [9.17, 15) is 9.18 Å². The summed E-state index contributed by atoms with van der Waals surface area (Å²) in [6.07, 6.45) is 0. The number of hydrogen-bond donors (Lipinski definition) is 1. The molecular weight excluding hydrogens is 219 g/mol. The summed E-state index contributed by atoms with van der Waals surface area (Å²) in [5.41, 5.74) is 6.36. The Balaban J connectivity index is 2.93. The lowest BCUT2D eigenvalue weighted by Crippen LogP contribution is -2.31. The van der Waals surface area contributed by atoms with Gasteiger partial charge in [-0.05, 0) is 23.6 Å². The van der Waals surface area contributed by atoms with Gasteiger partial charge in [-0.25, -0.2) is 4.39 Å². The summed E-state index contributed by atoms with van der Waals surface area (Å²) < 4.78 is 13.7. The molecule has 17 heavy (non-hydrogen) atoms. The first-order valence-electron chi connectivity index (χ1n) is 5.72. The Bertz CT molecular complexity index is 404. The van der Waals surface area contributed by atoms with Crippen LogP contribution in [-0.4, -0.2) is 30.9 Å². The van der Waals surface area contributed by atoms with E-state index < -0.39 is 0 Å².